The van der Waals surface area contributed by atoms with Crippen molar-refractivity contribution in [2.75, 3.05) is 18.0 Å². The maximum Gasteiger partial charge on any atom is 0.143 e. The lowest BCUT2D eigenvalue weighted by Gasteiger charge is -2.26. The summed E-state index contributed by atoms with van der Waals surface area (Å²) in [5.41, 5.74) is 2.10. The van der Waals surface area contributed by atoms with Gasteiger partial charge in [0.05, 0.1) is 5.69 Å². The molecule has 2 aromatic rings. The predicted molar refractivity (Wildman–Crippen MR) is 96.2 cm³/mol. The van der Waals surface area contributed by atoms with Crippen LogP contribution in [0.2, 0.25) is 0 Å². The standard InChI is InChI=1S/C20H27NO2/c1-4-21(13-12-16(2)3)19-14-18(22)10-11-20(19)23-15-17-8-6-5-7-9-17/h5-11,14,16,22H,4,12-13,15H2,1-3H3. The normalized spacial score (nSPS) is 10.8. The van der Waals surface area contributed by atoms with E-state index in [0.29, 0.717) is 12.5 Å². The van der Waals surface area contributed by atoms with Gasteiger partial charge in [-0.25, -0.2) is 0 Å². The molecule has 0 radical (unpaired) electrons. The van der Waals surface area contributed by atoms with Crippen molar-refractivity contribution in [3.05, 3.63) is 54.1 Å². The van der Waals surface area contributed by atoms with Crippen molar-refractivity contribution in [1.29, 1.82) is 0 Å². The zero-order chi connectivity index (χ0) is 16.7. The molecular weight excluding hydrogens is 286 g/mol. The molecule has 0 aromatic heterocycles. The van der Waals surface area contributed by atoms with Crippen LogP contribution < -0.4 is 9.64 Å². The van der Waals surface area contributed by atoms with E-state index in [1.54, 1.807) is 12.1 Å². The fourth-order valence-electron chi connectivity index (χ4n) is 2.47. The lowest BCUT2D eigenvalue weighted by molar-refractivity contribution is 0.306. The first-order valence-electron chi connectivity index (χ1n) is 8.34. The smallest absolute Gasteiger partial charge is 0.143 e. The van der Waals surface area contributed by atoms with Crippen LogP contribution in [-0.4, -0.2) is 18.2 Å². The summed E-state index contributed by atoms with van der Waals surface area (Å²) in [4.78, 5) is 2.26. The molecule has 0 bridgehead atoms. The van der Waals surface area contributed by atoms with E-state index in [9.17, 15) is 5.11 Å². The van der Waals surface area contributed by atoms with E-state index in [4.69, 9.17) is 4.74 Å². The number of nitrogens with zero attached hydrogens (tertiary/aromatic N) is 1. The second-order valence-corrected chi connectivity index (χ2v) is 6.19. The number of anilines is 1. The van der Waals surface area contributed by atoms with E-state index in [1.165, 1.54) is 0 Å². The lowest BCUT2D eigenvalue weighted by atomic mass is 10.1. The minimum Gasteiger partial charge on any atom is -0.508 e. The Morgan fingerprint density at radius 2 is 1.83 bits per heavy atom. The van der Waals surface area contributed by atoms with Gasteiger partial charge in [0.15, 0.2) is 0 Å². The van der Waals surface area contributed by atoms with Crippen molar-refractivity contribution >= 4 is 5.69 Å². The van der Waals surface area contributed by atoms with Crippen molar-refractivity contribution in [2.45, 2.75) is 33.8 Å². The molecule has 0 heterocycles. The summed E-state index contributed by atoms with van der Waals surface area (Å²) in [5, 5.41) is 9.86. The number of aromatic hydroxyl groups is 1. The molecule has 0 atom stereocenters. The van der Waals surface area contributed by atoms with Crippen LogP contribution in [0.1, 0.15) is 32.8 Å². The molecule has 1 N–H and O–H groups in total. The highest BCUT2D eigenvalue weighted by molar-refractivity contribution is 5.61. The van der Waals surface area contributed by atoms with Gasteiger partial charge in [0.2, 0.25) is 0 Å². The highest BCUT2D eigenvalue weighted by Gasteiger charge is 2.13. The van der Waals surface area contributed by atoms with Crippen LogP contribution in [0.3, 0.4) is 0 Å². The van der Waals surface area contributed by atoms with Crippen LogP contribution in [0.4, 0.5) is 5.69 Å². The lowest BCUT2D eigenvalue weighted by Crippen LogP contribution is -2.25. The molecule has 0 spiro atoms. The number of phenols is 1. The number of hydrogen-bond donors (Lipinski definition) is 1. The van der Waals surface area contributed by atoms with Gasteiger partial charge < -0.3 is 14.7 Å². The summed E-state index contributed by atoms with van der Waals surface area (Å²) in [6.07, 6.45) is 1.11. The molecule has 0 unspecified atom stereocenters. The first-order valence-corrected chi connectivity index (χ1v) is 8.34. The minimum absolute atomic E-state index is 0.273. The highest BCUT2D eigenvalue weighted by atomic mass is 16.5. The topological polar surface area (TPSA) is 32.7 Å². The van der Waals surface area contributed by atoms with Crippen LogP contribution >= 0.6 is 0 Å². The number of rotatable bonds is 8. The molecule has 2 rings (SSSR count). The fourth-order valence-corrected chi connectivity index (χ4v) is 2.47. The zero-order valence-corrected chi connectivity index (χ0v) is 14.3. The van der Waals surface area contributed by atoms with E-state index in [2.05, 4.69) is 37.8 Å². The van der Waals surface area contributed by atoms with Gasteiger partial charge in [0, 0.05) is 19.2 Å². The van der Waals surface area contributed by atoms with E-state index in [-0.39, 0.29) is 5.75 Å². The van der Waals surface area contributed by atoms with Crippen LogP contribution in [-0.2, 0) is 6.61 Å². The van der Waals surface area contributed by atoms with Crippen molar-refractivity contribution in [3.63, 3.8) is 0 Å². The molecule has 3 nitrogen and oxygen atoms in total. The summed E-state index contributed by atoms with van der Waals surface area (Å²) < 4.78 is 6.02. The van der Waals surface area contributed by atoms with Crippen molar-refractivity contribution < 1.29 is 9.84 Å². The number of hydrogen-bond acceptors (Lipinski definition) is 3. The first kappa shape index (κ1) is 17.2. The van der Waals surface area contributed by atoms with Gasteiger partial charge in [-0.1, -0.05) is 44.2 Å². The van der Waals surface area contributed by atoms with E-state index < -0.39 is 0 Å². The Morgan fingerprint density at radius 1 is 1.09 bits per heavy atom. The van der Waals surface area contributed by atoms with Crippen molar-refractivity contribution in [1.82, 2.24) is 0 Å². The Bertz CT molecular complexity index is 596. The molecular formula is C20H27NO2. The Kier molecular flexibility index (Phi) is 6.33. The minimum atomic E-state index is 0.273. The summed E-state index contributed by atoms with van der Waals surface area (Å²) >= 11 is 0. The highest BCUT2D eigenvalue weighted by Crippen LogP contribution is 2.33. The molecule has 3 heteroatoms. The zero-order valence-electron chi connectivity index (χ0n) is 14.3. The largest absolute Gasteiger partial charge is 0.508 e. The van der Waals surface area contributed by atoms with Crippen molar-refractivity contribution in [3.8, 4) is 11.5 Å². The van der Waals surface area contributed by atoms with Gasteiger partial charge in [-0.05, 0) is 37.0 Å². The Hall–Kier alpha value is -2.16. The van der Waals surface area contributed by atoms with Crippen LogP contribution in [0, 0.1) is 5.92 Å². The second-order valence-electron chi connectivity index (χ2n) is 6.19. The molecule has 0 aliphatic rings. The molecule has 0 aliphatic heterocycles. The maximum absolute atomic E-state index is 9.86. The first-order chi connectivity index (χ1) is 11.1. The predicted octanol–water partition coefficient (Wildman–Crippen LogP) is 4.84. The third-order valence-corrected chi connectivity index (χ3v) is 3.88. The molecule has 23 heavy (non-hydrogen) atoms. The van der Waals surface area contributed by atoms with Gasteiger partial charge in [-0.15, -0.1) is 0 Å². The Morgan fingerprint density at radius 3 is 2.48 bits per heavy atom. The van der Waals surface area contributed by atoms with Gasteiger partial charge in [-0.2, -0.15) is 0 Å². The molecule has 124 valence electrons. The summed E-state index contributed by atoms with van der Waals surface area (Å²) in [6.45, 7) is 8.95. The van der Waals surface area contributed by atoms with Gasteiger partial charge in [0.1, 0.15) is 18.1 Å². The van der Waals surface area contributed by atoms with Crippen LogP contribution in [0.15, 0.2) is 48.5 Å². The monoisotopic (exact) mass is 313 g/mol. The average Bonchev–Trinajstić information content (AvgIpc) is 2.55. The molecule has 0 aliphatic carbocycles. The van der Waals surface area contributed by atoms with Crippen molar-refractivity contribution in [2.24, 2.45) is 5.92 Å². The summed E-state index contributed by atoms with van der Waals surface area (Å²) in [6, 6.07) is 15.5. The van der Waals surface area contributed by atoms with E-state index >= 15 is 0 Å². The second kappa shape index (κ2) is 8.47. The Labute approximate surface area is 139 Å². The molecule has 0 saturated heterocycles. The van der Waals surface area contributed by atoms with Crippen LogP contribution in [0.5, 0.6) is 11.5 Å². The SMILES string of the molecule is CCN(CCC(C)C)c1cc(O)ccc1OCc1ccccc1. The van der Waals surface area contributed by atoms with E-state index in [0.717, 1.165) is 36.5 Å². The Balaban J connectivity index is 2.15. The third-order valence-electron chi connectivity index (χ3n) is 3.88. The maximum atomic E-state index is 9.86. The summed E-state index contributed by atoms with van der Waals surface area (Å²) in [7, 11) is 0. The van der Waals surface area contributed by atoms with Gasteiger partial charge >= 0.3 is 0 Å². The molecule has 0 saturated carbocycles. The molecule has 2 aromatic carbocycles. The van der Waals surface area contributed by atoms with Gasteiger partial charge in [0.25, 0.3) is 0 Å². The fraction of sp³-hybridized carbons (Fsp3) is 0.400. The summed E-state index contributed by atoms with van der Waals surface area (Å²) in [5.74, 6) is 1.74. The van der Waals surface area contributed by atoms with Gasteiger partial charge in [-0.3, -0.25) is 0 Å². The average molecular weight is 313 g/mol. The van der Waals surface area contributed by atoms with Crippen LogP contribution in [0.25, 0.3) is 0 Å². The third kappa shape index (κ3) is 5.20. The van der Waals surface area contributed by atoms with E-state index in [1.807, 2.05) is 24.3 Å². The molecule has 0 amide bonds. The molecule has 0 fully saturated rings. The number of phenolic OH excluding ortho intramolecular Hbond substituents is 1. The quantitative estimate of drug-likeness (QED) is 0.756. The number of ether oxygens (including phenoxy) is 1. The number of benzene rings is 2.